The summed E-state index contributed by atoms with van der Waals surface area (Å²) in [5.74, 6) is 5.28. The van der Waals surface area contributed by atoms with Crippen LogP contribution in [-0.4, -0.2) is 60.1 Å². The smallest absolute Gasteiger partial charge is 0.350 e. The molecule has 4 rings (SSSR count). The zero-order valence-corrected chi connectivity index (χ0v) is 20.5. The molecule has 1 aromatic heterocycles. The van der Waals surface area contributed by atoms with Crippen LogP contribution in [0.15, 0.2) is 35.7 Å². The van der Waals surface area contributed by atoms with Gasteiger partial charge in [0, 0.05) is 37.7 Å². The molecule has 0 saturated carbocycles. The third-order valence-electron chi connectivity index (χ3n) is 6.50. The summed E-state index contributed by atoms with van der Waals surface area (Å²) >= 11 is 7.04. The molecular formula is C25H27N3O3S2. The van der Waals surface area contributed by atoms with Crippen molar-refractivity contribution in [1.29, 1.82) is 0 Å². The Hall–Kier alpha value is -2.89. The highest BCUT2D eigenvalue weighted by atomic mass is 32.1. The van der Waals surface area contributed by atoms with Gasteiger partial charge in [0.05, 0.1) is 12.8 Å². The first-order valence-corrected chi connectivity index (χ1v) is 12.3. The zero-order chi connectivity index (χ0) is 23.4. The highest BCUT2D eigenvalue weighted by Gasteiger charge is 2.42. The van der Waals surface area contributed by atoms with Crippen molar-refractivity contribution < 1.29 is 14.3 Å². The van der Waals surface area contributed by atoms with E-state index in [4.69, 9.17) is 17.0 Å². The Balaban J connectivity index is 1.33. The van der Waals surface area contributed by atoms with Crippen LogP contribution in [0.5, 0.6) is 0 Å². The van der Waals surface area contributed by atoms with Gasteiger partial charge >= 0.3 is 5.97 Å². The number of nitrogens with one attached hydrogen (secondary N) is 1. The number of benzene rings is 1. The third kappa shape index (κ3) is 5.21. The number of carbonyl (C=O) groups excluding carboxylic acids is 2. The molecule has 33 heavy (non-hydrogen) atoms. The number of rotatable bonds is 2. The van der Waals surface area contributed by atoms with E-state index in [1.807, 2.05) is 47.5 Å². The van der Waals surface area contributed by atoms with Crippen molar-refractivity contribution in [3.8, 4) is 11.8 Å². The molecule has 6 nitrogen and oxygen atoms in total. The van der Waals surface area contributed by atoms with Crippen molar-refractivity contribution in [2.75, 3.05) is 38.6 Å². The van der Waals surface area contributed by atoms with Crippen molar-refractivity contribution in [2.24, 2.45) is 5.41 Å². The van der Waals surface area contributed by atoms with Gasteiger partial charge in [-0.05, 0) is 66.9 Å². The molecule has 0 aliphatic carbocycles. The van der Waals surface area contributed by atoms with Gasteiger partial charge in [0.1, 0.15) is 4.88 Å². The molecule has 1 spiro atoms. The minimum Gasteiger partial charge on any atom is -0.465 e. The number of thiocarbonyl (C=S) groups is 1. The maximum absolute atomic E-state index is 12.5. The SMILES string of the molecule is COC(=O)c1scc(C)c1NC(=S)N1CCC2(CCN(C(=O)C#Cc3ccccc3)CC2)C1. The molecule has 1 amide bonds. The first-order valence-electron chi connectivity index (χ1n) is 11.0. The molecule has 0 atom stereocenters. The molecule has 3 heterocycles. The molecule has 1 N–H and O–H groups in total. The standard InChI is InChI=1S/C25H27N3O3S2/c1-18-16-33-22(23(30)31-2)21(18)26-24(32)28-15-12-25(17-28)10-13-27(14-11-25)20(29)9-8-19-6-4-3-5-7-19/h3-7,16H,10-15,17H2,1-2H3,(H,26,32). The number of likely N-dealkylation sites (tertiary alicyclic amines) is 2. The third-order valence-corrected chi connectivity index (χ3v) is 7.94. The van der Waals surface area contributed by atoms with Crippen LogP contribution in [0.2, 0.25) is 0 Å². The lowest BCUT2D eigenvalue weighted by Crippen LogP contribution is -2.44. The van der Waals surface area contributed by atoms with Crippen molar-refractivity contribution in [3.63, 3.8) is 0 Å². The minimum absolute atomic E-state index is 0.107. The molecule has 1 aromatic carbocycles. The average Bonchev–Trinajstić information content (AvgIpc) is 3.42. The summed E-state index contributed by atoms with van der Waals surface area (Å²) in [4.78, 5) is 29.2. The quantitative estimate of drug-likeness (QED) is 0.399. The largest absolute Gasteiger partial charge is 0.465 e. The molecule has 0 radical (unpaired) electrons. The van der Waals surface area contributed by atoms with Gasteiger partial charge in [0.15, 0.2) is 5.11 Å². The molecular weight excluding hydrogens is 454 g/mol. The Morgan fingerprint density at radius 3 is 2.45 bits per heavy atom. The first-order chi connectivity index (χ1) is 15.9. The molecule has 2 aliphatic heterocycles. The molecule has 2 aliphatic rings. The molecule has 0 bridgehead atoms. The van der Waals surface area contributed by atoms with E-state index in [2.05, 4.69) is 22.1 Å². The lowest BCUT2D eigenvalue weighted by atomic mass is 9.78. The second-order valence-electron chi connectivity index (χ2n) is 8.62. The summed E-state index contributed by atoms with van der Waals surface area (Å²) in [6.45, 7) is 5.10. The summed E-state index contributed by atoms with van der Waals surface area (Å²) in [6.07, 6.45) is 2.92. The summed E-state index contributed by atoms with van der Waals surface area (Å²) in [5.41, 5.74) is 2.71. The molecule has 2 fully saturated rings. The van der Waals surface area contributed by atoms with E-state index in [9.17, 15) is 9.59 Å². The highest BCUT2D eigenvalue weighted by molar-refractivity contribution is 7.80. The number of thiophene rings is 1. The van der Waals surface area contributed by atoms with E-state index in [0.29, 0.717) is 23.1 Å². The minimum atomic E-state index is -0.358. The van der Waals surface area contributed by atoms with Crippen LogP contribution in [0, 0.1) is 24.2 Å². The van der Waals surface area contributed by atoms with E-state index in [0.717, 1.165) is 49.2 Å². The number of nitrogens with zero attached hydrogens (tertiary/aromatic N) is 2. The van der Waals surface area contributed by atoms with Gasteiger partial charge in [-0.1, -0.05) is 24.1 Å². The first kappa shape index (κ1) is 23.3. The number of methoxy groups -OCH3 is 1. The number of carbonyl (C=O) groups is 2. The number of hydrogen-bond acceptors (Lipinski definition) is 5. The van der Waals surface area contributed by atoms with Gasteiger partial charge in [-0.2, -0.15) is 0 Å². The Kier molecular flexibility index (Phi) is 7.01. The van der Waals surface area contributed by atoms with E-state index in [-0.39, 0.29) is 17.3 Å². The Morgan fingerprint density at radius 2 is 1.79 bits per heavy atom. The zero-order valence-electron chi connectivity index (χ0n) is 18.8. The average molecular weight is 482 g/mol. The van der Waals surface area contributed by atoms with Crippen LogP contribution < -0.4 is 5.32 Å². The molecule has 0 unspecified atom stereocenters. The fourth-order valence-corrected chi connectivity index (χ4v) is 5.64. The van der Waals surface area contributed by atoms with Crippen LogP contribution in [0.25, 0.3) is 0 Å². The lowest BCUT2D eigenvalue weighted by Gasteiger charge is -2.38. The second-order valence-corrected chi connectivity index (χ2v) is 9.89. The number of aryl methyl sites for hydroxylation is 1. The van der Waals surface area contributed by atoms with Gasteiger partial charge in [0.2, 0.25) is 0 Å². The number of amides is 1. The normalized spacial score (nSPS) is 16.8. The van der Waals surface area contributed by atoms with Crippen LogP contribution in [0.4, 0.5) is 5.69 Å². The fourth-order valence-electron chi connectivity index (χ4n) is 4.46. The second kappa shape index (κ2) is 9.94. The maximum Gasteiger partial charge on any atom is 0.350 e. The van der Waals surface area contributed by atoms with Gasteiger partial charge in [0.25, 0.3) is 5.91 Å². The summed E-state index contributed by atoms with van der Waals surface area (Å²) in [5, 5.41) is 5.84. The number of ether oxygens (including phenoxy) is 1. The molecule has 2 saturated heterocycles. The van der Waals surface area contributed by atoms with Gasteiger partial charge in [-0.15, -0.1) is 11.3 Å². The van der Waals surface area contributed by atoms with Crippen molar-refractivity contribution in [1.82, 2.24) is 9.80 Å². The van der Waals surface area contributed by atoms with Crippen molar-refractivity contribution >= 4 is 46.2 Å². The maximum atomic E-state index is 12.5. The molecule has 8 heteroatoms. The fraction of sp³-hybridized carbons (Fsp3) is 0.400. The molecule has 172 valence electrons. The number of piperidine rings is 1. The van der Waals surface area contributed by atoms with E-state index in [1.54, 1.807) is 0 Å². The Bertz CT molecular complexity index is 1110. The summed E-state index contributed by atoms with van der Waals surface area (Å²) < 4.78 is 4.89. The predicted molar refractivity (Wildman–Crippen MR) is 134 cm³/mol. The predicted octanol–water partition coefficient (Wildman–Crippen LogP) is 3.91. The monoisotopic (exact) mass is 481 g/mol. The van der Waals surface area contributed by atoms with Gasteiger partial charge in [-0.25, -0.2) is 4.79 Å². The van der Waals surface area contributed by atoms with E-state index in [1.165, 1.54) is 18.4 Å². The Morgan fingerprint density at radius 1 is 1.12 bits per heavy atom. The number of esters is 1. The number of hydrogen-bond donors (Lipinski definition) is 1. The van der Waals surface area contributed by atoms with Crippen molar-refractivity contribution in [2.45, 2.75) is 26.2 Å². The van der Waals surface area contributed by atoms with Crippen LogP contribution in [-0.2, 0) is 9.53 Å². The Labute approximate surface area is 203 Å². The summed E-state index contributed by atoms with van der Waals surface area (Å²) in [7, 11) is 1.38. The van der Waals surface area contributed by atoms with E-state index >= 15 is 0 Å². The lowest BCUT2D eigenvalue weighted by molar-refractivity contribution is -0.127. The molecule has 2 aromatic rings. The van der Waals surface area contributed by atoms with Crippen LogP contribution in [0.3, 0.4) is 0 Å². The number of anilines is 1. The van der Waals surface area contributed by atoms with Crippen molar-refractivity contribution in [3.05, 3.63) is 51.7 Å². The van der Waals surface area contributed by atoms with Gasteiger partial charge in [-0.3, -0.25) is 4.79 Å². The van der Waals surface area contributed by atoms with Crippen LogP contribution >= 0.6 is 23.6 Å². The van der Waals surface area contributed by atoms with Gasteiger partial charge < -0.3 is 19.9 Å². The highest BCUT2D eigenvalue weighted by Crippen LogP contribution is 2.41. The topological polar surface area (TPSA) is 61.9 Å². The van der Waals surface area contributed by atoms with E-state index < -0.39 is 0 Å². The summed E-state index contributed by atoms with van der Waals surface area (Å²) in [6, 6.07) is 9.58. The van der Waals surface area contributed by atoms with Crippen LogP contribution in [0.1, 0.15) is 40.1 Å².